The highest BCUT2D eigenvalue weighted by Gasteiger charge is 2.12. The maximum absolute atomic E-state index is 11.2. The number of anilines is 1. The lowest BCUT2D eigenvalue weighted by Crippen LogP contribution is -2.25. The van der Waals surface area contributed by atoms with E-state index in [0.29, 0.717) is 5.69 Å². The van der Waals surface area contributed by atoms with Gasteiger partial charge in [-0.2, -0.15) is 0 Å². The number of hydrogen-bond acceptors (Lipinski definition) is 4. The van der Waals surface area contributed by atoms with Crippen LogP contribution < -0.4 is 4.90 Å². The number of unbranched alkanes of at least 4 members (excludes halogenated alkanes) is 2. The number of carbonyl (C=O) groups is 1. The number of carbonyl (C=O) groups excluding carboxylic acids is 1. The van der Waals surface area contributed by atoms with Crippen LogP contribution in [0.3, 0.4) is 0 Å². The fraction of sp³-hybridized carbons (Fsp3) is 0.692. The van der Waals surface area contributed by atoms with Crippen molar-refractivity contribution in [2.75, 3.05) is 18.0 Å². The summed E-state index contributed by atoms with van der Waals surface area (Å²) in [7, 11) is 0. The van der Waals surface area contributed by atoms with Gasteiger partial charge in [-0.15, -0.1) is 11.3 Å². The van der Waals surface area contributed by atoms with Gasteiger partial charge in [0.25, 0.3) is 0 Å². The van der Waals surface area contributed by atoms with Crippen LogP contribution in [0.2, 0.25) is 0 Å². The van der Waals surface area contributed by atoms with Gasteiger partial charge in [-0.25, -0.2) is 4.98 Å². The van der Waals surface area contributed by atoms with E-state index in [0.717, 1.165) is 18.2 Å². The van der Waals surface area contributed by atoms with Gasteiger partial charge in [0.1, 0.15) is 5.69 Å². The third-order valence-electron chi connectivity index (χ3n) is 2.69. The summed E-state index contributed by atoms with van der Waals surface area (Å²) in [5.41, 5.74) is 0.600. The lowest BCUT2D eigenvalue weighted by atomic mass is 10.3. The second-order valence-corrected chi connectivity index (χ2v) is 5.10. The van der Waals surface area contributed by atoms with Gasteiger partial charge in [0.2, 0.25) is 0 Å². The quantitative estimate of drug-likeness (QED) is 0.662. The van der Waals surface area contributed by atoms with Crippen LogP contribution in [0.25, 0.3) is 0 Å². The monoisotopic (exact) mass is 254 g/mol. The first-order chi connectivity index (χ1) is 8.19. The van der Waals surface area contributed by atoms with Crippen LogP contribution >= 0.6 is 11.3 Å². The lowest BCUT2D eigenvalue weighted by molar-refractivity contribution is 0.101. The van der Waals surface area contributed by atoms with Crippen LogP contribution in [0.4, 0.5) is 5.13 Å². The molecule has 0 atom stereocenters. The van der Waals surface area contributed by atoms with Crippen molar-refractivity contribution in [2.45, 2.75) is 46.5 Å². The van der Waals surface area contributed by atoms with E-state index < -0.39 is 0 Å². The van der Waals surface area contributed by atoms with Gasteiger partial charge in [-0.3, -0.25) is 4.79 Å². The van der Waals surface area contributed by atoms with Crippen molar-refractivity contribution in [2.24, 2.45) is 0 Å². The predicted molar refractivity (Wildman–Crippen MR) is 74.1 cm³/mol. The molecule has 0 bridgehead atoms. The number of ketones is 1. The van der Waals surface area contributed by atoms with Crippen molar-refractivity contribution in [3.63, 3.8) is 0 Å². The zero-order valence-electron chi connectivity index (χ0n) is 11.0. The number of aromatic nitrogens is 1. The molecule has 4 heteroatoms. The SMILES string of the molecule is CCCCN(CCCC)c1nc(C(C)=O)cs1. The van der Waals surface area contributed by atoms with Gasteiger partial charge >= 0.3 is 0 Å². The molecule has 0 saturated carbocycles. The molecule has 1 aromatic rings. The summed E-state index contributed by atoms with van der Waals surface area (Å²) in [6.07, 6.45) is 4.73. The van der Waals surface area contributed by atoms with E-state index in [9.17, 15) is 4.79 Å². The van der Waals surface area contributed by atoms with E-state index in [1.54, 1.807) is 18.3 Å². The summed E-state index contributed by atoms with van der Waals surface area (Å²) in [5.74, 6) is 0.0541. The fourth-order valence-corrected chi connectivity index (χ4v) is 2.49. The van der Waals surface area contributed by atoms with Crippen LogP contribution in [0.1, 0.15) is 56.9 Å². The highest BCUT2D eigenvalue weighted by atomic mass is 32.1. The summed E-state index contributed by atoms with van der Waals surface area (Å²) in [4.78, 5) is 18.0. The molecule has 0 amide bonds. The Balaban J connectivity index is 2.68. The maximum Gasteiger partial charge on any atom is 0.185 e. The van der Waals surface area contributed by atoms with Crippen LogP contribution in [-0.4, -0.2) is 23.9 Å². The normalized spacial score (nSPS) is 10.5. The molecule has 0 radical (unpaired) electrons. The highest BCUT2D eigenvalue weighted by Crippen LogP contribution is 2.21. The van der Waals surface area contributed by atoms with E-state index in [4.69, 9.17) is 0 Å². The van der Waals surface area contributed by atoms with Crippen molar-refractivity contribution in [1.29, 1.82) is 0 Å². The van der Waals surface area contributed by atoms with Crippen LogP contribution in [-0.2, 0) is 0 Å². The molecular weight excluding hydrogens is 232 g/mol. The molecule has 0 spiro atoms. The molecular formula is C13H22N2OS. The Bertz CT molecular complexity index is 341. The van der Waals surface area contributed by atoms with E-state index in [1.807, 2.05) is 5.38 Å². The molecule has 0 unspecified atom stereocenters. The maximum atomic E-state index is 11.2. The summed E-state index contributed by atoms with van der Waals surface area (Å²) >= 11 is 1.58. The van der Waals surface area contributed by atoms with E-state index >= 15 is 0 Å². The first-order valence-electron chi connectivity index (χ1n) is 6.40. The Morgan fingerprint density at radius 1 is 1.29 bits per heavy atom. The average Bonchev–Trinajstić information content (AvgIpc) is 2.79. The van der Waals surface area contributed by atoms with Crippen molar-refractivity contribution in [3.05, 3.63) is 11.1 Å². The Kier molecular flexibility index (Phi) is 6.19. The Morgan fingerprint density at radius 3 is 2.29 bits per heavy atom. The second-order valence-electron chi connectivity index (χ2n) is 4.27. The average molecular weight is 254 g/mol. The number of rotatable bonds is 8. The first-order valence-corrected chi connectivity index (χ1v) is 7.28. The minimum absolute atomic E-state index is 0.0541. The summed E-state index contributed by atoms with van der Waals surface area (Å²) in [6.45, 7) is 8.05. The summed E-state index contributed by atoms with van der Waals surface area (Å²) < 4.78 is 0. The number of hydrogen-bond donors (Lipinski definition) is 0. The smallest absolute Gasteiger partial charge is 0.185 e. The van der Waals surface area contributed by atoms with E-state index in [-0.39, 0.29) is 5.78 Å². The van der Waals surface area contributed by atoms with E-state index in [1.165, 1.54) is 25.7 Å². The standard InChI is InChI=1S/C13H22N2OS/c1-4-6-8-15(9-7-5-2)13-14-12(10-17-13)11(3)16/h10H,4-9H2,1-3H3. The third-order valence-corrected chi connectivity index (χ3v) is 3.59. The zero-order chi connectivity index (χ0) is 12.7. The first kappa shape index (κ1) is 14.2. The topological polar surface area (TPSA) is 33.2 Å². The molecule has 1 aromatic heterocycles. The molecule has 0 saturated heterocycles. The summed E-state index contributed by atoms with van der Waals surface area (Å²) in [6, 6.07) is 0. The number of Topliss-reactive ketones (excluding diaryl/α,β-unsaturated/α-hetero) is 1. The van der Waals surface area contributed by atoms with Crippen molar-refractivity contribution < 1.29 is 4.79 Å². The molecule has 17 heavy (non-hydrogen) atoms. The number of nitrogens with zero attached hydrogens (tertiary/aromatic N) is 2. The molecule has 0 aromatic carbocycles. The molecule has 0 N–H and O–H groups in total. The fourth-order valence-electron chi connectivity index (χ4n) is 1.57. The molecule has 0 aliphatic heterocycles. The molecule has 3 nitrogen and oxygen atoms in total. The largest absolute Gasteiger partial charge is 0.348 e. The molecule has 1 rings (SSSR count). The molecule has 0 fully saturated rings. The van der Waals surface area contributed by atoms with Gasteiger partial charge in [0.15, 0.2) is 10.9 Å². The Hall–Kier alpha value is -0.900. The van der Waals surface area contributed by atoms with Crippen LogP contribution in [0, 0.1) is 0 Å². The molecule has 1 heterocycles. The van der Waals surface area contributed by atoms with Crippen molar-refractivity contribution in [1.82, 2.24) is 4.98 Å². The zero-order valence-corrected chi connectivity index (χ0v) is 11.8. The number of thiazole rings is 1. The minimum Gasteiger partial charge on any atom is -0.348 e. The lowest BCUT2D eigenvalue weighted by Gasteiger charge is -2.21. The third kappa shape index (κ3) is 4.46. The molecule has 0 aliphatic carbocycles. The predicted octanol–water partition coefficient (Wildman–Crippen LogP) is 3.75. The minimum atomic E-state index is 0.0541. The van der Waals surface area contributed by atoms with Crippen LogP contribution in [0.15, 0.2) is 5.38 Å². The van der Waals surface area contributed by atoms with Crippen molar-refractivity contribution >= 4 is 22.3 Å². The molecule has 96 valence electrons. The highest BCUT2D eigenvalue weighted by molar-refractivity contribution is 7.13. The van der Waals surface area contributed by atoms with Gasteiger partial charge in [-0.05, 0) is 12.8 Å². The molecule has 0 aliphatic rings. The van der Waals surface area contributed by atoms with Gasteiger partial charge < -0.3 is 4.90 Å². The Labute approximate surface area is 108 Å². The van der Waals surface area contributed by atoms with Gasteiger partial charge in [0, 0.05) is 25.4 Å². The van der Waals surface area contributed by atoms with Crippen LogP contribution in [0.5, 0.6) is 0 Å². The van der Waals surface area contributed by atoms with E-state index in [2.05, 4.69) is 23.7 Å². The van der Waals surface area contributed by atoms with Crippen molar-refractivity contribution in [3.8, 4) is 0 Å². The van der Waals surface area contributed by atoms with Gasteiger partial charge in [0.05, 0.1) is 0 Å². The second kappa shape index (κ2) is 7.43. The Morgan fingerprint density at radius 2 is 1.88 bits per heavy atom. The summed E-state index contributed by atoms with van der Waals surface area (Å²) in [5, 5.41) is 2.86. The van der Waals surface area contributed by atoms with Gasteiger partial charge in [-0.1, -0.05) is 26.7 Å².